The van der Waals surface area contributed by atoms with Gasteiger partial charge in [-0.1, -0.05) is 18.6 Å². The highest BCUT2D eigenvalue weighted by atomic mass is 32.2. The topological polar surface area (TPSA) is 57.6 Å². The van der Waals surface area contributed by atoms with Crippen LogP contribution in [0.25, 0.3) is 0 Å². The van der Waals surface area contributed by atoms with Crippen molar-refractivity contribution in [1.82, 2.24) is 4.31 Å². The predicted molar refractivity (Wildman–Crippen MR) is 70.5 cm³/mol. The lowest BCUT2D eigenvalue weighted by molar-refractivity contribution is 0.155. The van der Waals surface area contributed by atoms with Crippen LogP contribution in [-0.2, 0) is 15.8 Å². The molecule has 1 fully saturated rings. The zero-order valence-corrected chi connectivity index (χ0v) is 11.4. The lowest BCUT2D eigenvalue weighted by Crippen LogP contribution is -2.45. The van der Waals surface area contributed by atoms with E-state index in [4.69, 9.17) is 0 Å². The molecule has 1 atom stereocenters. The highest BCUT2D eigenvalue weighted by molar-refractivity contribution is 7.88. The Morgan fingerprint density at radius 1 is 1.26 bits per heavy atom. The molecule has 1 aliphatic rings. The first-order chi connectivity index (χ1) is 9.03. The fourth-order valence-electron chi connectivity index (χ4n) is 2.40. The molecule has 1 saturated heterocycles. The number of benzene rings is 1. The van der Waals surface area contributed by atoms with E-state index in [9.17, 15) is 17.9 Å². The zero-order valence-electron chi connectivity index (χ0n) is 10.6. The van der Waals surface area contributed by atoms with Gasteiger partial charge < -0.3 is 5.11 Å². The number of piperidine rings is 1. The molecule has 0 spiro atoms. The van der Waals surface area contributed by atoms with Crippen LogP contribution in [0.5, 0.6) is 0 Å². The normalized spacial score (nSPS) is 21.5. The summed E-state index contributed by atoms with van der Waals surface area (Å²) in [5, 5.41) is 9.27. The van der Waals surface area contributed by atoms with Crippen molar-refractivity contribution in [2.24, 2.45) is 0 Å². The van der Waals surface area contributed by atoms with Crippen molar-refractivity contribution in [2.75, 3.05) is 13.2 Å². The van der Waals surface area contributed by atoms with Gasteiger partial charge in [-0.15, -0.1) is 0 Å². The van der Waals surface area contributed by atoms with Gasteiger partial charge in [0.2, 0.25) is 10.0 Å². The summed E-state index contributed by atoms with van der Waals surface area (Å²) in [5.74, 6) is -0.531. The number of nitrogens with zero attached hydrogens (tertiary/aromatic N) is 1. The molecule has 1 N–H and O–H groups in total. The summed E-state index contributed by atoms with van der Waals surface area (Å²) in [6, 6.07) is 5.14. The Labute approximate surface area is 112 Å². The summed E-state index contributed by atoms with van der Waals surface area (Å²) < 4.78 is 38.8. The van der Waals surface area contributed by atoms with Crippen molar-refractivity contribution < 1.29 is 17.9 Å². The minimum Gasteiger partial charge on any atom is -0.395 e. The Bertz CT molecular complexity index is 515. The van der Waals surface area contributed by atoms with E-state index in [2.05, 4.69) is 0 Å². The Kier molecular flexibility index (Phi) is 4.54. The van der Waals surface area contributed by atoms with Gasteiger partial charge in [0.05, 0.1) is 12.4 Å². The second kappa shape index (κ2) is 5.98. The van der Waals surface area contributed by atoms with Crippen LogP contribution in [0.3, 0.4) is 0 Å². The summed E-state index contributed by atoms with van der Waals surface area (Å²) >= 11 is 0. The summed E-state index contributed by atoms with van der Waals surface area (Å²) in [4.78, 5) is 0. The van der Waals surface area contributed by atoms with Crippen molar-refractivity contribution in [3.8, 4) is 0 Å². The molecule has 0 saturated carbocycles. The van der Waals surface area contributed by atoms with Crippen LogP contribution in [0.2, 0.25) is 0 Å². The second-order valence-electron chi connectivity index (χ2n) is 4.83. The summed E-state index contributed by atoms with van der Waals surface area (Å²) in [6.45, 7) is 0.303. The van der Waals surface area contributed by atoms with Gasteiger partial charge >= 0.3 is 0 Å². The van der Waals surface area contributed by atoms with Crippen LogP contribution < -0.4 is 0 Å². The monoisotopic (exact) mass is 287 g/mol. The predicted octanol–water partition coefficient (Wildman–Crippen LogP) is 1.50. The van der Waals surface area contributed by atoms with Gasteiger partial charge in [0.1, 0.15) is 5.82 Å². The highest BCUT2D eigenvalue weighted by Gasteiger charge is 2.31. The number of hydrogen-bond acceptors (Lipinski definition) is 3. The largest absolute Gasteiger partial charge is 0.395 e. The number of rotatable bonds is 4. The first-order valence-corrected chi connectivity index (χ1v) is 7.98. The molecule has 0 aromatic heterocycles. The molecule has 106 valence electrons. The van der Waals surface area contributed by atoms with E-state index in [0.717, 1.165) is 12.8 Å². The van der Waals surface area contributed by atoms with Gasteiger partial charge in [0.25, 0.3) is 0 Å². The van der Waals surface area contributed by atoms with Crippen LogP contribution in [0.15, 0.2) is 24.3 Å². The SMILES string of the molecule is O=S(=O)(Cc1ccc(F)cc1)N1CCCCC1CO. The van der Waals surface area contributed by atoms with E-state index < -0.39 is 10.0 Å². The smallest absolute Gasteiger partial charge is 0.218 e. The van der Waals surface area contributed by atoms with Crippen molar-refractivity contribution in [1.29, 1.82) is 0 Å². The first kappa shape index (κ1) is 14.4. The third-order valence-electron chi connectivity index (χ3n) is 3.40. The molecule has 1 aliphatic heterocycles. The fourth-order valence-corrected chi connectivity index (χ4v) is 4.21. The molecule has 1 aromatic rings. The van der Waals surface area contributed by atoms with Crippen molar-refractivity contribution in [3.63, 3.8) is 0 Å². The van der Waals surface area contributed by atoms with Crippen LogP contribution in [-0.4, -0.2) is 37.0 Å². The molecule has 1 unspecified atom stereocenters. The zero-order chi connectivity index (χ0) is 13.9. The minimum absolute atomic E-state index is 0.149. The van der Waals surface area contributed by atoms with Crippen molar-refractivity contribution >= 4 is 10.0 Å². The van der Waals surface area contributed by atoms with Gasteiger partial charge in [-0.3, -0.25) is 0 Å². The molecule has 19 heavy (non-hydrogen) atoms. The van der Waals surface area contributed by atoms with Crippen LogP contribution in [0, 0.1) is 5.82 Å². The third kappa shape index (κ3) is 3.52. The standard InChI is InChI=1S/C13H18FNO3S/c14-12-6-4-11(5-7-12)10-19(17,18)15-8-2-1-3-13(15)9-16/h4-7,13,16H,1-3,8-10H2. The van der Waals surface area contributed by atoms with Gasteiger partial charge in [0.15, 0.2) is 0 Å². The fraction of sp³-hybridized carbons (Fsp3) is 0.538. The van der Waals surface area contributed by atoms with E-state index in [-0.39, 0.29) is 24.2 Å². The maximum Gasteiger partial charge on any atom is 0.218 e. The Balaban J connectivity index is 2.14. The molecule has 0 bridgehead atoms. The second-order valence-corrected chi connectivity index (χ2v) is 6.75. The summed E-state index contributed by atoms with van der Waals surface area (Å²) in [5.41, 5.74) is 0.559. The molecule has 1 aromatic carbocycles. The first-order valence-electron chi connectivity index (χ1n) is 6.38. The van der Waals surface area contributed by atoms with E-state index in [1.807, 2.05) is 0 Å². The Hall–Kier alpha value is -0.980. The molecule has 0 aliphatic carbocycles. The summed E-state index contributed by atoms with van der Waals surface area (Å²) in [6.07, 6.45) is 2.45. The Morgan fingerprint density at radius 3 is 2.58 bits per heavy atom. The van der Waals surface area contributed by atoms with E-state index >= 15 is 0 Å². The molecule has 0 radical (unpaired) electrons. The molecule has 6 heteroatoms. The number of sulfonamides is 1. The van der Waals surface area contributed by atoms with Gasteiger partial charge in [0, 0.05) is 12.6 Å². The highest BCUT2D eigenvalue weighted by Crippen LogP contribution is 2.22. The van der Waals surface area contributed by atoms with Gasteiger partial charge in [-0.25, -0.2) is 12.8 Å². The number of aliphatic hydroxyl groups excluding tert-OH is 1. The molecule has 0 amide bonds. The van der Waals surface area contributed by atoms with Crippen LogP contribution in [0.4, 0.5) is 4.39 Å². The van der Waals surface area contributed by atoms with Crippen LogP contribution >= 0.6 is 0 Å². The lowest BCUT2D eigenvalue weighted by atomic mass is 10.1. The molecule has 2 rings (SSSR count). The number of aliphatic hydroxyl groups is 1. The maximum absolute atomic E-state index is 12.8. The van der Waals surface area contributed by atoms with E-state index in [0.29, 0.717) is 18.5 Å². The van der Waals surface area contributed by atoms with Gasteiger partial charge in [-0.05, 0) is 30.5 Å². The molecular weight excluding hydrogens is 269 g/mol. The summed E-state index contributed by atoms with van der Waals surface area (Å²) in [7, 11) is -3.46. The molecular formula is C13H18FNO3S. The van der Waals surface area contributed by atoms with Crippen molar-refractivity contribution in [3.05, 3.63) is 35.6 Å². The van der Waals surface area contributed by atoms with E-state index in [1.54, 1.807) is 0 Å². The van der Waals surface area contributed by atoms with Crippen molar-refractivity contribution in [2.45, 2.75) is 31.1 Å². The maximum atomic E-state index is 12.8. The lowest BCUT2D eigenvalue weighted by Gasteiger charge is -2.33. The van der Waals surface area contributed by atoms with Crippen LogP contribution in [0.1, 0.15) is 24.8 Å². The Morgan fingerprint density at radius 2 is 1.95 bits per heavy atom. The molecule has 4 nitrogen and oxygen atoms in total. The minimum atomic E-state index is -3.46. The third-order valence-corrected chi connectivity index (χ3v) is 5.30. The van der Waals surface area contributed by atoms with E-state index in [1.165, 1.54) is 28.6 Å². The quantitative estimate of drug-likeness (QED) is 0.913. The number of hydrogen-bond donors (Lipinski definition) is 1. The molecule has 1 heterocycles. The average Bonchev–Trinajstić information content (AvgIpc) is 2.41. The average molecular weight is 287 g/mol. The van der Waals surface area contributed by atoms with Gasteiger partial charge in [-0.2, -0.15) is 4.31 Å². The number of halogens is 1.